The topological polar surface area (TPSA) is 86.6 Å². The third kappa shape index (κ3) is 6.36. The van der Waals surface area contributed by atoms with E-state index in [2.05, 4.69) is 9.97 Å². The molecule has 0 radical (unpaired) electrons. The number of carboxylic acid groups (broad SMARTS) is 1. The number of carbonyl (C=O) groups is 2. The predicted octanol–water partition coefficient (Wildman–Crippen LogP) is 5.42. The van der Waals surface area contributed by atoms with Crippen LogP contribution in [0.1, 0.15) is 43.2 Å². The predicted molar refractivity (Wildman–Crippen MR) is 143 cm³/mol. The Morgan fingerprint density at radius 2 is 1.75 bits per heavy atom. The van der Waals surface area contributed by atoms with Crippen molar-refractivity contribution in [3.63, 3.8) is 0 Å². The summed E-state index contributed by atoms with van der Waals surface area (Å²) in [6.45, 7) is 0.437. The summed E-state index contributed by atoms with van der Waals surface area (Å²) < 4.78 is 0. The maximum atomic E-state index is 13.6. The molecule has 36 heavy (non-hydrogen) atoms. The first-order chi connectivity index (χ1) is 17.4. The second-order valence-electron chi connectivity index (χ2n) is 9.38. The number of hydrogen-bond donors (Lipinski definition) is 1. The van der Waals surface area contributed by atoms with Crippen LogP contribution in [0.15, 0.2) is 67.0 Å². The van der Waals surface area contributed by atoms with Gasteiger partial charge in [-0.3, -0.25) is 9.78 Å². The molecule has 1 saturated carbocycles. The van der Waals surface area contributed by atoms with Crippen molar-refractivity contribution in [3.8, 4) is 11.3 Å². The number of amides is 1. The fraction of sp³-hybridized carbons (Fsp3) is 0.310. The van der Waals surface area contributed by atoms with E-state index in [9.17, 15) is 9.59 Å². The number of aliphatic carboxylic acids is 1. The summed E-state index contributed by atoms with van der Waals surface area (Å²) in [4.78, 5) is 37.3. The van der Waals surface area contributed by atoms with Gasteiger partial charge >= 0.3 is 5.97 Å². The highest BCUT2D eigenvalue weighted by Gasteiger charge is 2.27. The molecule has 1 aromatic heterocycles. The number of benzene rings is 2. The monoisotopic (exact) mass is 484 g/mol. The minimum Gasteiger partial charge on any atom is -0.478 e. The van der Waals surface area contributed by atoms with Gasteiger partial charge in [-0.1, -0.05) is 55.7 Å². The molecule has 0 aliphatic heterocycles. The molecular weight excluding hydrogens is 452 g/mol. The molecule has 186 valence electrons. The summed E-state index contributed by atoms with van der Waals surface area (Å²) in [6.07, 6.45) is 11.3. The van der Waals surface area contributed by atoms with Crippen LogP contribution in [0.4, 0.5) is 11.5 Å². The van der Waals surface area contributed by atoms with Gasteiger partial charge in [0.05, 0.1) is 24.6 Å². The second-order valence-corrected chi connectivity index (χ2v) is 9.38. The first kappa shape index (κ1) is 25.1. The summed E-state index contributed by atoms with van der Waals surface area (Å²) in [7, 11) is 3.86. The zero-order valence-electron chi connectivity index (χ0n) is 20.8. The van der Waals surface area contributed by atoms with E-state index in [4.69, 9.17) is 5.11 Å². The van der Waals surface area contributed by atoms with Crippen molar-refractivity contribution < 1.29 is 14.7 Å². The molecular formula is C29H32N4O3. The Morgan fingerprint density at radius 3 is 2.39 bits per heavy atom. The van der Waals surface area contributed by atoms with E-state index in [1.54, 1.807) is 18.5 Å². The van der Waals surface area contributed by atoms with Crippen molar-refractivity contribution >= 4 is 29.5 Å². The van der Waals surface area contributed by atoms with Gasteiger partial charge in [0, 0.05) is 37.3 Å². The Bertz CT molecular complexity index is 1210. The van der Waals surface area contributed by atoms with Crippen LogP contribution in [0.25, 0.3) is 17.3 Å². The summed E-state index contributed by atoms with van der Waals surface area (Å²) in [5.74, 6) is -0.0608. The molecule has 1 aliphatic carbocycles. The van der Waals surface area contributed by atoms with Crippen molar-refractivity contribution in [2.24, 2.45) is 5.92 Å². The van der Waals surface area contributed by atoms with Crippen LogP contribution < -0.4 is 9.80 Å². The number of rotatable bonds is 8. The normalized spacial score (nSPS) is 14.1. The molecule has 4 rings (SSSR count). The van der Waals surface area contributed by atoms with E-state index < -0.39 is 5.97 Å². The van der Waals surface area contributed by atoms with Crippen LogP contribution in [0.5, 0.6) is 0 Å². The van der Waals surface area contributed by atoms with Gasteiger partial charge in [-0.05, 0) is 42.2 Å². The number of anilines is 2. The van der Waals surface area contributed by atoms with Crippen molar-refractivity contribution in [2.75, 3.05) is 23.9 Å². The highest BCUT2D eigenvalue weighted by Crippen LogP contribution is 2.30. The summed E-state index contributed by atoms with van der Waals surface area (Å²) in [5, 5.41) is 8.99. The average Bonchev–Trinajstić information content (AvgIpc) is 2.91. The number of carboxylic acids is 1. The van der Waals surface area contributed by atoms with Crippen LogP contribution in [-0.4, -0.2) is 41.0 Å². The van der Waals surface area contributed by atoms with E-state index in [0.717, 1.165) is 65.6 Å². The molecule has 7 nitrogen and oxygen atoms in total. The van der Waals surface area contributed by atoms with Crippen molar-refractivity contribution in [1.82, 2.24) is 9.97 Å². The van der Waals surface area contributed by atoms with E-state index in [1.807, 2.05) is 72.4 Å². The molecule has 0 bridgehead atoms. The number of aromatic nitrogens is 2. The van der Waals surface area contributed by atoms with Gasteiger partial charge < -0.3 is 14.9 Å². The zero-order chi connectivity index (χ0) is 25.5. The molecule has 1 heterocycles. The number of nitrogens with zero attached hydrogens (tertiary/aromatic N) is 4. The molecule has 1 fully saturated rings. The van der Waals surface area contributed by atoms with Crippen molar-refractivity contribution in [3.05, 3.63) is 78.1 Å². The molecule has 1 amide bonds. The maximum absolute atomic E-state index is 13.6. The molecule has 3 aromatic rings. The maximum Gasteiger partial charge on any atom is 0.328 e. The second kappa shape index (κ2) is 11.6. The van der Waals surface area contributed by atoms with Crippen LogP contribution in [0.2, 0.25) is 0 Å². The van der Waals surface area contributed by atoms with Crippen LogP contribution in [0, 0.1) is 5.92 Å². The first-order valence-corrected chi connectivity index (χ1v) is 12.3. The van der Waals surface area contributed by atoms with Crippen LogP contribution >= 0.6 is 0 Å². The number of carbonyl (C=O) groups excluding carboxylic acids is 1. The summed E-state index contributed by atoms with van der Waals surface area (Å²) in [6, 6.07) is 15.5. The SMILES string of the molecule is CN(C)c1cnc(-c2ccc(CN(C(=O)C3CCCCC3)c3cccc(C=CC(=O)O)c3)cc2)cn1. The molecule has 1 aliphatic rings. The molecule has 0 saturated heterocycles. The standard InChI is InChI=1S/C29H32N4O3/c1-32(2)27-19-30-26(18-31-27)23-14-11-22(12-15-23)20-33(29(36)24-8-4-3-5-9-24)25-10-6-7-21(17-25)13-16-28(34)35/h6-7,10-19,24H,3-5,8-9,20H2,1-2H3,(H,34,35). The lowest BCUT2D eigenvalue weighted by molar-refractivity contribution is -0.131. The van der Waals surface area contributed by atoms with Crippen LogP contribution in [0.3, 0.4) is 0 Å². The fourth-order valence-electron chi connectivity index (χ4n) is 4.49. The average molecular weight is 485 g/mol. The Labute approximate surface area is 212 Å². The number of hydrogen-bond acceptors (Lipinski definition) is 5. The van der Waals surface area contributed by atoms with Crippen molar-refractivity contribution in [1.29, 1.82) is 0 Å². The van der Waals surface area contributed by atoms with Gasteiger partial charge in [0.15, 0.2) is 0 Å². The Balaban J connectivity index is 1.58. The highest BCUT2D eigenvalue weighted by atomic mass is 16.4. The zero-order valence-corrected chi connectivity index (χ0v) is 20.8. The molecule has 0 atom stereocenters. The fourth-order valence-corrected chi connectivity index (χ4v) is 4.49. The van der Waals surface area contributed by atoms with Gasteiger partial charge in [-0.25, -0.2) is 9.78 Å². The Hall–Kier alpha value is -4.00. The van der Waals surface area contributed by atoms with Crippen LogP contribution in [-0.2, 0) is 16.1 Å². The minimum atomic E-state index is -1.00. The summed E-state index contributed by atoms with van der Waals surface area (Å²) in [5.41, 5.74) is 4.27. The lowest BCUT2D eigenvalue weighted by Gasteiger charge is -2.30. The lowest BCUT2D eigenvalue weighted by Crippen LogP contribution is -2.36. The molecule has 2 aromatic carbocycles. The van der Waals surface area contributed by atoms with E-state index in [-0.39, 0.29) is 11.8 Å². The van der Waals surface area contributed by atoms with Gasteiger partial charge in [0.2, 0.25) is 5.91 Å². The minimum absolute atomic E-state index is 0.0155. The van der Waals surface area contributed by atoms with E-state index >= 15 is 0 Å². The van der Waals surface area contributed by atoms with Gasteiger partial charge in [0.25, 0.3) is 0 Å². The Kier molecular flexibility index (Phi) is 8.10. The Morgan fingerprint density at radius 1 is 1.00 bits per heavy atom. The third-order valence-corrected chi connectivity index (χ3v) is 6.51. The van der Waals surface area contributed by atoms with Crippen molar-refractivity contribution in [2.45, 2.75) is 38.6 Å². The molecule has 0 spiro atoms. The molecule has 7 heteroatoms. The smallest absolute Gasteiger partial charge is 0.328 e. The first-order valence-electron chi connectivity index (χ1n) is 12.3. The van der Waals surface area contributed by atoms with E-state index in [1.165, 1.54) is 6.42 Å². The highest BCUT2D eigenvalue weighted by molar-refractivity contribution is 5.95. The van der Waals surface area contributed by atoms with Gasteiger partial charge in [-0.15, -0.1) is 0 Å². The third-order valence-electron chi connectivity index (χ3n) is 6.51. The quantitative estimate of drug-likeness (QED) is 0.430. The van der Waals surface area contributed by atoms with Gasteiger partial charge in [0.1, 0.15) is 5.82 Å². The largest absolute Gasteiger partial charge is 0.478 e. The lowest BCUT2D eigenvalue weighted by atomic mass is 9.88. The molecule has 0 unspecified atom stereocenters. The van der Waals surface area contributed by atoms with Gasteiger partial charge in [-0.2, -0.15) is 0 Å². The summed E-state index contributed by atoms with van der Waals surface area (Å²) >= 11 is 0. The molecule has 1 N–H and O–H groups in total. The van der Waals surface area contributed by atoms with E-state index in [0.29, 0.717) is 6.54 Å².